The molecule has 65 heavy (non-hydrogen) atoms. The number of fused-ring (bicyclic) bond motifs is 2. The van der Waals surface area contributed by atoms with Gasteiger partial charge in [0, 0.05) is 75.2 Å². The van der Waals surface area contributed by atoms with Crippen molar-refractivity contribution in [2.24, 2.45) is 0 Å². The Hall–Kier alpha value is -5.79. The quantitative estimate of drug-likeness (QED) is 0.0526. The highest BCUT2D eigenvalue weighted by molar-refractivity contribution is 6.31. The van der Waals surface area contributed by atoms with Crippen LogP contribution >= 0.6 is 11.6 Å². The van der Waals surface area contributed by atoms with E-state index in [9.17, 15) is 19.2 Å². The van der Waals surface area contributed by atoms with Gasteiger partial charge in [0.25, 0.3) is 11.8 Å². The number of anilines is 2. The van der Waals surface area contributed by atoms with E-state index in [1.54, 1.807) is 24.5 Å². The van der Waals surface area contributed by atoms with Crippen LogP contribution in [0.5, 0.6) is 0 Å². The van der Waals surface area contributed by atoms with Gasteiger partial charge in [0.05, 0.1) is 69.4 Å². The summed E-state index contributed by atoms with van der Waals surface area (Å²) >= 11 is 6.35. The normalized spacial score (nSPS) is 16.9. The van der Waals surface area contributed by atoms with Crippen LogP contribution in [0.25, 0.3) is 22.3 Å². The summed E-state index contributed by atoms with van der Waals surface area (Å²) in [6.07, 6.45) is 1.74. The Balaban J connectivity index is 0.630. The van der Waals surface area contributed by atoms with E-state index in [1.165, 1.54) is 5.56 Å². The number of piperidine rings is 1. The predicted octanol–water partition coefficient (Wildman–Crippen LogP) is 4.59. The molecule has 18 heteroatoms. The largest absolute Gasteiger partial charge is 0.382 e. The van der Waals surface area contributed by atoms with Crippen molar-refractivity contribution in [2.75, 3.05) is 103 Å². The molecule has 0 spiro atoms. The number of nitrogens with one attached hydrogen (secondary N) is 4. The van der Waals surface area contributed by atoms with Crippen LogP contribution in [0.2, 0.25) is 5.02 Å². The number of imide groups is 2. The lowest BCUT2D eigenvalue weighted by atomic mass is 10.0. The highest BCUT2D eigenvalue weighted by Gasteiger charge is 2.45. The highest BCUT2D eigenvalue weighted by Crippen LogP contribution is 2.33. The maximum atomic E-state index is 13.2. The van der Waals surface area contributed by atoms with Gasteiger partial charge in [-0.05, 0) is 47.4 Å². The summed E-state index contributed by atoms with van der Waals surface area (Å²) in [5, 5.41) is 10.4. The first-order valence-corrected chi connectivity index (χ1v) is 22.4. The van der Waals surface area contributed by atoms with Gasteiger partial charge in [-0.2, -0.15) is 0 Å². The Labute approximate surface area is 382 Å². The number of halogens is 1. The third-order valence-corrected chi connectivity index (χ3v) is 12.0. The molecule has 4 N–H and O–H groups in total. The number of nitrogens with zero attached hydrogens (tertiary/aromatic N) is 5. The molecule has 4 amide bonds. The van der Waals surface area contributed by atoms with Gasteiger partial charge in [0.2, 0.25) is 11.8 Å². The first-order valence-electron chi connectivity index (χ1n) is 22.1. The van der Waals surface area contributed by atoms with Gasteiger partial charge in [-0.15, -0.1) is 0 Å². The molecule has 2 saturated heterocycles. The van der Waals surface area contributed by atoms with E-state index < -0.39 is 29.7 Å². The zero-order valence-corrected chi connectivity index (χ0v) is 36.9. The predicted molar refractivity (Wildman–Crippen MR) is 245 cm³/mol. The first-order chi connectivity index (χ1) is 31.8. The van der Waals surface area contributed by atoms with E-state index in [0.29, 0.717) is 71.6 Å². The summed E-state index contributed by atoms with van der Waals surface area (Å²) in [7, 11) is 0. The molecule has 0 aliphatic carbocycles. The smallest absolute Gasteiger partial charge is 0.264 e. The maximum absolute atomic E-state index is 13.2. The van der Waals surface area contributed by atoms with E-state index in [1.807, 2.05) is 24.3 Å². The molecule has 0 radical (unpaired) electrons. The van der Waals surface area contributed by atoms with Crippen molar-refractivity contribution < 1.29 is 38.1 Å². The fourth-order valence-electron chi connectivity index (χ4n) is 8.15. The zero-order valence-electron chi connectivity index (χ0n) is 36.2. The number of aromatic nitrogens is 3. The molecule has 3 aliphatic heterocycles. The number of carbonyl (C=O) groups is 4. The van der Waals surface area contributed by atoms with Crippen molar-refractivity contribution in [2.45, 2.75) is 32.0 Å². The monoisotopic (exact) mass is 907 g/mol. The Morgan fingerprint density at radius 2 is 1.45 bits per heavy atom. The Bertz CT molecular complexity index is 2440. The summed E-state index contributed by atoms with van der Waals surface area (Å²) in [5.74, 6) is -1.38. The number of rotatable bonds is 23. The summed E-state index contributed by atoms with van der Waals surface area (Å²) in [5.41, 5.74) is 6.09. The van der Waals surface area contributed by atoms with Crippen LogP contribution < -0.4 is 16.0 Å². The number of carbonyl (C=O) groups excluding carboxylic acids is 4. The number of H-pyrrole nitrogens is 1. The first kappa shape index (κ1) is 45.8. The van der Waals surface area contributed by atoms with Gasteiger partial charge < -0.3 is 34.6 Å². The molecule has 0 bridgehead atoms. The van der Waals surface area contributed by atoms with Crippen molar-refractivity contribution >= 4 is 57.8 Å². The molecule has 2 fully saturated rings. The van der Waals surface area contributed by atoms with E-state index in [0.717, 1.165) is 82.9 Å². The minimum Gasteiger partial charge on any atom is -0.382 e. The molecular weight excluding hydrogens is 854 g/mol. The average molecular weight is 908 g/mol. The lowest BCUT2D eigenvalue weighted by molar-refractivity contribution is -0.136. The van der Waals surface area contributed by atoms with Crippen LogP contribution in [-0.2, 0) is 41.6 Å². The van der Waals surface area contributed by atoms with Gasteiger partial charge in [-0.25, -0.2) is 9.97 Å². The summed E-state index contributed by atoms with van der Waals surface area (Å²) < 4.78 is 22.7. The molecule has 5 heterocycles. The van der Waals surface area contributed by atoms with Crippen molar-refractivity contribution in [1.82, 2.24) is 35.0 Å². The minimum absolute atomic E-state index is 0.0683. The third kappa shape index (κ3) is 11.7. The summed E-state index contributed by atoms with van der Waals surface area (Å²) in [6, 6.07) is 22.5. The standard InChI is InChI=1S/C47H54ClN9O8/c48-37-6-2-1-4-34(37)29-50-43-36-28-39(53-44(36)52-31-51-43)33-10-8-32(9-11-33)30-56-17-15-55(16-18-56)19-21-63-23-25-65-27-26-64-24-22-62-20-14-49-38-7-3-5-35-42(38)47(61)57(46(35)60)40-12-13-41(58)54-45(40)59/h1-11,28,31,40,49H,12-27,29-30H2,(H,54,58,59)(H2,50,51,52,53). The van der Waals surface area contributed by atoms with Crippen molar-refractivity contribution in [3.63, 3.8) is 0 Å². The maximum Gasteiger partial charge on any atom is 0.264 e. The fraction of sp³-hybridized carbons (Fsp3) is 0.404. The number of hydrogen-bond donors (Lipinski definition) is 4. The average Bonchev–Trinajstić information content (AvgIpc) is 3.87. The minimum atomic E-state index is -1.01. The Kier molecular flexibility index (Phi) is 15.8. The third-order valence-electron chi connectivity index (χ3n) is 11.7. The fourth-order valence-corrected chi connectivity index (χ4v) is 8.35. The van der Waals surface area contributed by atoms with E-state index in [-0.39, 0.29) is 24.0 Å². The lowest BCUT2D eigenvalue weighted by Gasteiger charge is -2.34. The van der Waals surface area contributed by atoms with Crippen molar-refractivity contribution in [3.05, 3.63) is 106 Å². The lowest BCUT2D eigenvalue weighted by Crippen LogP contribution is -2.54. The van der Waals surface area contributed by atoms with E-state index in [4.69, 9.17) is 30.5 Å². The second kappa shape index (κ2) is 22.4. The SMILES string of the molecule is O=C1CCC(N2C(=O)c3cccc(NCCOCCOCCOCCOCCN4CCN(Cc5ccc(-c6cc7c(NCc8ccccc8Cl)ncnc7[nH]6)cc5)CC4)c3C2=O)C(=O)N1. The number of amides is 4. The van der Waals surface area contributed by atoms with Crippen LogP contribution in [-0.4, -0.2) is 151 Å². The number of benzene rings is 3. The molecule has 3 aromatic carbocycles. The van der Waals surface area contributed by atoms with Gasteiger partial charge >= 0.3 is 0 Å². The summed E-state index contributed by atoms with van der Waals surface area (Å²) in [4.78, 5) is 68.4. The molecule has 3 aliphatic rings. The van der Waals surface area contributed by atoms with Crippen LogP contribution in [0.3, 0.4) is 0 Å². The second-order valence-corrected chi connectivity index (χ2v) is 16.4. The van der Waals surface area contributed by atoms with Crippen LogP contribution in [0.15, 0.2) is 79.1 Å². The van der Waals surface area contributed by atoms with Crippen LogP contribution in [0.4, 0.5) is 11.5 Å². The molecular formula is C47H54ClN9O8. The molecule has 1 atom stereocenters. The number of hydrogen-bond acceptors (Lipinski definition) is 14. The molecule has 17 nitrogen and oxygen atoms in total. The van der Waals surface area contributed by atoms with Gasteiger partial charge in [0.15, 0.2) is 0 Å². The Morgan fingerprint density at radius 1 is 0.738 bits per heavy atom. The highest BCUT2D eigenvalue weighted by atomic mass is 35.5. The van der Waals surface area contributed by atoms with Crippen LogP contribution in [0.1, 0.15) is 44.7 Å². The molecule has 0 saturated carbocycles. The molecule has 1 unspecified atom stereocenters. The number of ether oxygens (including phenoxy) is 4. The van der Waals surface area contributed by atoms with E-state index in [2.05, 4.69) is 71.0 Å². The van der Waals surface area contributed by atoms with Gasteiger partial charge in [0.1, 0.15) is 23.8 Å². The topological polar surface area (TPSA) is 193 Å². The van der Waals surface area contributed by atoms with Crippen molar-refractivity contribution in [3.8, 4) is 11.3 Å². The van der Waals surface area contributed by atoms with Crippen molar-refractivity contribution in [1.29, 1.82) is 0 Å². The molecule has 8 rings (SSSR count). The molecule has 342 valence electrons. The molecule has 5 aromatic rings. The van der Waals surface area contributed by atoms with Gasteiger partial charge in [-0.3, -0.25) is 39.2 Å². The number of aromatic amines is 1. The zero-order chi connectivity index (χ0) is 45.0. The number of piperazine rings is 1. The Morgan fingerprint density at radius 3 is 2.18 bits per heavy atom. The molecule has 2 aromatic heterocycles. The van der Waals surface area contributed by atoms with E-state index >= 15 is 0 Å². The van der Waals surface area contributed by atoms with Crippen LogP contribution in [0, 0.1) is 0 Å². The summed E-state index contributed by atoms with van der Waals surface area (Å²) in [6.45, 7) is 10.5. The van der Waals surface area contributed by atoms with Gasteiger partial charge in [-0.1, -0.05) is 60.1 Å². The second-order valence-electron chi connectivity index (χ2n) is 16.0.